The third-order valence-corrected chi connectivity index (χ3v) is 2.11. The second-order valence-corrected chi connectivity index (χ2v) is 5.55. The van der Waals surface area contributed by atoms with Crippen LogP contribution in [-0.4, -0.2) is 47.6 Å². The maximum atomic E-state index is 11.3. The Morgan fingerprint density at radius 3 is 2.00 bits per heavy atom. The summed E-state index contributed by atoms with van der Waals surface area (Å²) in [5.41, 5.74) is -1.55. The zero-order chi connectivity index (χ0) is 14.4. The zero-order valence-electron chi connectivity index (χ0n) is 11.4. The van der Waals surface area contributed by atoms with Crippen LogP contribution in [-0.2, 0) is 19.1 Å². The molecule has 0 rings (SSSR count). The molecule has 0 saturated heterocycles. The minimum Gasteiger partial charge on any atom is -0.465 e. The van der Waals surface area contributed by atoms with E-state index in [1.807, 2.05) is 0 Å². The van der Waals surface area contributed by atoms with Gasteiger partial charge in [0.15, 0.2) is 0 Å². The highest BCUT2D eigenvalue weighted by atomic mass is 16.6. The minimum absolute atomic E-state index is 0.0268. The Morgan fingerprint density at radius 2 is 1.56 bits per heavy atom. The quantitative estimate of drug-likeness (QED) is 0.504. The molecule has 6 nitrogen and oxygen atoms in total. The molecule has 0 atom stereocenters. The van der Waals surface area contributed by atoms with Gasteiger partial charge in [-0.25, -0.2) is 0 Å². The molecule has 0 aromatic carbocycles. The first-order chi connectivity index (χ1) is 8.12. The van der Waals surface area contributed by atoms with E-state index in [4.69, 9.17) is 19.7 Å². The molecule has 106 valence electrons. The SMILES string of the molecule is CC(C)(CO)COC(=O)CC(=O)OC(C)(C)CO. The van der Waals surface area contributed by atoms with E-state index in [1.165, 1.54) is 13.8 Å². The van der Waals surface area contributed by atoms with Gasteiger partial charge in [0, 0.05) is 5.41 Å². The fraction of sp³-hybridized carbons (Fsp3) is 0.833. The largest absolute Gasteiger partial charge is 0.465 e. The van der Waals surface area contributed by atoms with E-state index in [9.17, 15) is 9.59 Å². The van der Waals surface area contributed by atoms with E-state index in [2.05, 4.69) is 0 Å². The molecule has 0 bridgehead atoms. The summed E-state index contributed by atoms with van der Waals surface area (Å²) >= 11 is 0. The molecule has 0 heterocycles. The fourth-order valence-electron chi connectivity index (χ4n) is 0.867. The molecule has 0 aromatic heterocycles. The second-order valence-electron chi connectivity index (χ2n) is 5.55. The highest BCUT2D eigenvalue weighted by Gasteiger charge is 2.25. The first-order valence-electron chi connectivity index (χ1n) is 5.71. The van der Waals surface area contributed by atoms with E-state index >= 15 is 0 Å². The zero-order valence-corrected chi connectivity index (χ0v) is 11.4. The molecule has 0 aromatic rings. The van der Waals surface area contributed by atoms with E-state index in [0.29, 0.717) is 0 Å². The molecule has 0 unspecified atom stereocenters. The van der Waals surface area contributed by atoms with Crippen molar-refractivity contribution in [3.63, 3.8) is 0 Å². The normalized spacial score (nSPS) is 12.1. The monoisotopic (exact) mass is 262 g/mol. The predicted octanol–water partition coefficient (Wildman–Crippen LogP) is 0.252. The summed E-state index contributed by atoms with van der Waals surface area (Å²) in [4.78, 5) is 22.7. The average molecular weight is 262 g/mol. The Kier molecular flexibility index (Phi) is 6.28. The van der Waals surface area contributed by atoms with Crippen LogP contribution in [0.4, 0.5) is 0 Å². The van der Waals surface area contributed by atoms with Gasteiger partial charge in [0.2, 0.25) is 0 Å². The van der Waals surface area contributed by atoms with Gasteiger partial charge in [0.05, 0.1) is 19.8 Å². The van der Waals surface area contributed by atoms with Crippen LogP contribution in [0.3, 0.4) is 0 Å². The van der Waals surface area contributed by atoms with Crippen molar-refractivity contribution in [1.29, 1.82) is 0 Å². The maximum absolute atomic E-state index is 11.3. The van der Waals surface area contributed by atoms with Gasteiger partial charge in [0.25, 0.3) is 0 Å². The second kappa shape index (κ2) is 6.70. The van der Waals surface area contributed by atoms with E-state index in [1.54, 1.807) is 13.8 Å². The van der Waals surface area contributed by atoms with Gasteiger partial charge in [0.1, 0.15) is 12.0 Å². The number of aliphatic hydroxyl groups excluding tert-OH is 2. The van der Waals surface area contributed by atoms with Crippen LogP contribution < -0.4 is 0 Å². The number of hydrogen-bond acceptors (Lipinski definition) is 6. The molecular formula is C12H22O6. The summed E-state index contributed by atoms with van der Waals surface area (Å²) in [5.74, 6) is -1.46. The Bertz CT molecular complexity index is 295. The molecular weight excluding hydrogens is 240 g/mol. The molecule has 0 aliphatic rings. The third kappa shape index (κ3) is 7.24. The Balaban J connectivity index is 4.07. The number of esters is 2. The number of rotatable bonds is 7. The van der Waals surface area contributed by atoms with E-state index in [0.717, 1.165) is 0 Å². The Labute approximate surface area is 107 Å². The summed E-state index contributed by atoms with van der Waals surface area (Å²) < 4.78 is 9.73. The fourth-order valence-corrected chi connectivity index (χ4v) is 0.867. The standard InChI is InChI=1S/C12H22O6/c1-11(2,6-13)8-17-9(15)5-10(16)18-12(3,4)7-14/h13-14H,5-8H2,1-4H3. The number of ether oxygens (including phenoxy) is 2. The van der Waals surface area contributed by atoms with Crippen LogP contribution in [0.1, 0.15) is 34.1 Å². The highest BCUT2D eigenvalue weighted by Crippen LogP contribution is 2.14. The summed E-state index contributed by atoms with van der Waals surface area (Å²) in [6, 6.07) is 0. The van der Waals surface area contributed by atoms with Gasteiger partial charge in [-0.3, -0.25) is 9.59 Å². The van der Waals surface area contributed by atoms with Gasteiger partial charge < -0.3 is 19.7 Å². The predicted molar refractivity (Wildman–Crippen MR) is 63.7 cm³/mol. The number of carbonyl (C=O) groups is 2. The summed E-state index contributed by atoms with van der Waals surface area (Å²) in [6.07, 6.45) is -0.509. The highest BCUT2D eigenvalue weighted by molar-refractivity contribution is 5.91. The van der Waals surface area contributed by atoms with Crippen molar-refractivity contribution in [3.8, 4) is 0 Å². The van der Waals surface area contributed by atoms with Crippen molar-refractivity contribution in [2.45, 2.75) is 39.7 Å². The molecule has 6 heteroatoms. The van der Waals surface area contributed by atoms with Crippen molar-refractivity contribution < 1.29 is 29.3 Å². The van der Waals surface area contributed by atoms with Crippen molar-refractivity contribution in [2.24, 2.45) is 5.41 Å². The summed E-state index contributed by atoms with van der Waals surface area (Å²) in [7, 11) is 0. The molecule has 0 radical (unpaired) electrons. The van der Waals surface area contributed by atoms with Gasteiger partial charge in [-0.1, -0.05) is 13.8 Å². The van der Waals surface area contributed by atoms with Crippen LogP contribution in [0.15, 0.2) is 0 Å². The summed E-state index contributed by atoms with van der Waals surface area (Å²) in [5, 5.41) is 17.9. The van der Waals surface area contributed by atoms with Crippen LogP contribution in [0, 0.1) is 5.41 Å². The summed E-state index contributed by atoms with van der Waals surface area (Å²) in [6.45, 7) is 6.10. The van der Waals surface area contributed by atoms with Crippen LogP contribution in [0.25, 0.3) is 0 Å². The van der Waals surface area contributed by atoms with Crippen molar-refractivity contribution in [3.05, 3.63) is 0 Å². The smallest absolute Gasteiger partial charge is 0.317 e. The lowest BCUT2D eigenvalue weighted by atomic mass is 9.97. The van der Waals surface area contributed by atoms with Gasteiger partial charge in [-0.2, -0.15) is 0 Å². The average Bonchev–Trinajstić information content (AvgIpc) is 2.26. The van der Waals surface area contributed by atoms with Crippen LogP contribution >= 0.6 is 0 Å². The number of carbonyl (C=O) groups excluding carboxylic acids is 2. The van der Waals surface area contributed by atoms with E-state index in [-0.39, 0.29) is 19.8 Å². The minimum atomic E-state index is -1.01. The molecule has 0 fully saturated rings. The Hall–Kier alpha value is -1.14. The Morgan fingerprint density at radius 1 is 1.00 bits per heavy atom. The lowest BCUT2D eigenvalue weighted by Gasteiger charge is -2.23. The van der Waals surface area contributed by atoms with Crippen molar-refractivity contribution in [1.82, 2.24) is 0 Å². The molecule has 0 aliphatic carbocycles. The number of hydrogen-bond donors (Lipinski definition) is 2. The maximum Gasteiger partial charge on any atom is 0.317 e. The van der Waals surface area contributed by atoms with Gasteiger partial charge in [-0.05, 0) is 13.8 Å². The first kappa shape index (κ1) is 16.9. The number of aliphatic hydroxyl groups is 2. The first-order valence-corrected chi connectivity index (χ1v) is 5.71. The molecule has 0 amide bonds. The lowest BCUT2D eigenvalue weighted by Crippen LogP contribution is -2.33. The molecule has 2 N–H and O–H groups in total. The van der Waals surface area contributed by atoms with Gasteiger partial charge in [-0.15, -0.1) is 0 Å². The lowest BCUT2D eigenvalue weighted by molar-refractivity contribution is -0.166. The third-order valence-electron chi connectivity index (χ3n) is 2.11. The van der Waals surface area contributed by atoms with Crippen molar-refractivity contribution >= 4 is 11.9 Å². The van der Waals surface area contributed by atoms with Crippen LogP contribution in [0.2, 0.25) is 0 Å². The molecule has 0 saturated carbocycles. The topological polar surface area (TPSA) is 93.1 Å². The molecule has 0 aliphatic heterocycles. The molecule has 0 spiro atoms. The molecule has 18 heavy (non-hydrogen) atoms. The van der Waals surface area contributed by atoms with E-state index < -0.39 is 29.4 Å². The van der Waals surface area contributed by atoms with Crippen molar-refractivity contribution in [2.75, 3.05) is 19.8 Å². The van der Waals surface area contributed by atoms with Crippen LogP contribution in [0.5, 0.6) is 0 Å². The van der Waals surface area contributed by atoms with Gasteiger partial charge >= 0.3 is 11.9 Å².